The van der Waals surface area contributed by atoms with E-state index in [0.717, 1.165) is 26.1 Å². The second kappa shape index (κ2) is 5.05. The van der Waals surface area contributed by atoms with Crippen molar-refractivity contribution in [1.29, 1.82) is 0 Å². The number of rotatable bonds is 3. The highest BCUT2D eigenvalue weighted by molar-refractivity contribution is 7.09. The first-order valence-corrected chi connectivity index (χ1v) is 6.36. The molecule has 1 unspecified atom stereocenters. The highest BCUT2D eigenvalue weighted by atomic mass is 32.1. The normalized spacial score (nSPS) is 20.4. The minimum Gasteiger partial charge on any atom is -0.381 e. The van der Waals surface area contributed by atoms with E-state index in [4.69, 9.17) is 4.74 Å². The minimum atomic E-state index is 0.460. The maximum Gasteiger partial charge on any atom is 0.0798 e. The molecule has 0 aliphatic carbocycles. The molecule has 0 spiro atoms. The van der Waals surface area contributed by atoms with Crippen molar-refractivity contribution < 1.29 is 4.74 Å². The fourth-order valence-electron chi connectivity index (χ4n) is 2.24. The van der Waals surface area contributed by atoms with E-state index in [2.05, 4.69) is 17.2 Å². The lowest BCUT2D eigenvalue weighted by Gasteiger charge is -2.29. The van der Waals surface area contributed by atoms with Gasteiger partial charge in [0.2, 0.25) is 0 Å². The first-order chi connectivity index (χ1) is 7.33. The molecule has 1 N–H and O–H groups in total. The molecule has 2 heterocycles. The van der Waals surface area contributed by atoms with Crippen molar-refractivity contribution in [3.05, 3.63) is 16.1 Å². The number of nitrogens with one attached hydrogen (secondary N) is 1. The Bertz CT molecular complexity index is 307. The van der Waals surface area contributed by atoms with Crippen LogP contribution in [0.2, 0.25) is 0 Å². The van der Waals surface area contributed by atoms with Gasteiger partial charge in [-0.15, -0.1) is 11.3 Å². The van der Waals surface area contributed by atoms with Crippen LogP contribution in [-0.4, -0.2) is 25.2 Å². The van der Waals surface area contributed by atoms with Crippen LogP contribution in [0.5, 0.6) is 0 Å². The highest BCUT2D eigenvalue weighted by Gasteiger charge is 2.26. The van der Waals surface area contributed by atoms with Gasteiger partial charge in [0.1, 0.15) is 0 Å². The van der Waals surface area contributed by atoms with Crippen LogP contribution in [-0.2, 0) is 4.74 Å². The van der Waals surface area contributed by atoms with Crippen LogP contribution in [0.1, 0.15) is 29.5 Å². The number of aromatic nitrogens is 1. The van der Waals surface area contributed by atoms with E-state index in [1.165, 1.54) is 10.6 Å². The van der Waals surface area contributed by atoms with Crippen LogP contribution < -0.4 is 5.32 Å². The number of hydrogen-bond donors (Lipinski definition) is 1. The molecular weight excluding hydrogens is 208 g/mol. The summed E-state index contributed by atoms with van der Waals surface area (Å²) in [5.74, 6) is 0.697. The van der Waals surface area contributed by atoms with E-state index in [0.29, 0.717) is 12.0 Å². The van der Waals surface area contributed by atoms with Crippen molar-refractivity contribution >= 4 is 11.3 Å². The monoisotopic (exact) mass is 226 g/mol. The fourth-order valence-corrected chi connectivity index (χ4v) is 3.24. The largest absolute Gasteiger partial charge is 0.381 e. The summed E-state index contributed by atoms with van der Waals surface area (Å²) >= 11 is 1.76. The number of ether oxygens (including phenoxy) is 1. The van der Waals surface area contributed by atoms with Crippen LogP contribution in [0.3, 0.4) is 0 Å². The molecule has 4 heteroatoms. The molecule has 1 aromatic rings. The zero-order valence-electron chi connectivity index (χ0n) is 9.32. The number of nitrogens with zero attached hydrogens (tertiary/aromatic N) is 1. The number of aryl methyl sites for hydroxylation is 1. The molecule has 0 radical (unpaired) electrons. The molecule has 0 aromatic carbocycles. The lowest BCUT2D eigenvalue weighted by molar-refractivity contribution is 0.0549. The molecule has 0 saturated carbocycles. The summed E-state index contributed by atoms with van der Waals surface area (Å²) in [6, 6.07) is 0.460. The van der Waals surface area contributed by atoms with E-state index >= 15 is 0 Å². The van der Waals surface area contributed by atoms with Crippen molar-refractivity contribution in [2.24, 2.45) is 5.92 Å². The van der Waals surface area contributed by atoms with Crippen molar-refractivity contribution in [2.45, 2.75) is 25.8 Å². The predicted octanol–water partition coefficient (Wildman–Crippen LogP) is 2.14. The van der Waals surface area contributed by atoms with Gasteiger partial charge < -0.3 is 10.1 Å². The van der Waals surface area contributed by atoms with E-state index < -0.39 is 0 Å². The van der Waals surface area contributed by atoms with Gasteiger partial charge in [-0.2, -0.15) is 0 Å². The molecule has 1 aromatic heterocycles. The van der Waals surface area contributed by atoms with Crippen molar-refractivity contribution in [2.75, 3.05) is 20.3 Å². The maximum absolute atomic E-state index is 5.40. The third-order valence-electron chi connectivity index (χ3n) is 3.11. The Labute approximate surface area is 94.9 Å². The molecule has 15 heavy (non-hydrogen) atoms. The van der Waals surface area contributed by atoms with E-state index in [-0.39, 0.29) is 0 Å². The molecule has 1 atom stereocenters. The van der Waals surface area contributed by atoms with Crippen molar-refractivity contribution in [3.8, 4) is 0 Å². The molecule has 0 amide bonds. The van der Waals surface area contributed by atoms with Gasteiger partial charge in [-0.25, -0.2) is 4.98 Å². The van der Waals surface area contributed by atoms with Gasteiger partial charge in [-0.1, -0.05) is 0 Å². The molecule has 84 valence electrons. The molecule has 1 saturated heterocycles. The van der Waals surface area contributed by atoms with Crippen LogP contribution in [0.4, 0.5) is 0 Å². The minimum absolute atomic E-state index is 0.460. The van der Waals surface area contributed by atoms with Crippen LogP contribution in [0.25, 0.3) is 0 Å². The van der Waals surface area contributed by atoms with Gasteiger partial charge in [0.05, 0.1) is 11.2 Å². The Kier molecular flexibility index (Phi) is 3.72. The van der Waals surface area contributed by atoms with Crippen molar-refractivity contribution in [3.63, 3.8) is 0 Å². The van der Waals surface area contributed by atoms with Gasteiger partial charge in [0, 0.05) is 24.1 Å². The van der Waals surface area contributed by atoms with E-state index in [1.807, 2.05) is 12.6 Å². The number of thiazole rings is 1. The second-order valence-electron chi connectivity index (χ2n) is 4.02. The zero-order valence-corrected chi connectivity index (χ0v) is 10.1. The molecule has 1 aliphatic heterocycles. The third-order valence-corrected chi connectivity index (χ3v) is 4.13. The Morgan fingerprint density at radius 1 is 1.53 bits per heavy atom. The summed E-state index contributed by atoms with van der Waals surface area (Å²) < 4.78 is 5.40. The van der Waals surface area contributed by atoms with Gasteiger partial charge in [-0.05, 0) is 32.7 Å². The molecular formula is C11H18N2OS. The summed E-state index contributed by atoms with van der Waals surface area (Å²) in [6.45, 7) is 3.90. The van der Waals surface area contributed by atoms with Crippen LogP contribution >= 0.6 is 11.3 Å². The standard InChI is InChI=1S/C11H18N2OS/c1-8-11(15-7-13-8)10(12-2)9-3-5-14-6-4-9/h7,9-10,12H,3-6H2,1-2H3. The zero-order chi connectivity index (χ0) is 10.7. The fraction of sp³-hybridized carbons (Fsp3) is 0.727. The van der Waals surface area contributed by atoms with Crippen LogP contribution in [0.15, 0.2) is 5.51 Å². The summed E-state index contributed by atoms with van der Waals surface area (Å²) in [6.07, 6.45) is 2.31. The maximum atomic E-state index is 5.40. The first-order valence-electron chi connectivity index (χ1n) is 5.48. The topological polar surface area (TPSA) is 34.2 Å². The summed E-state index contributed by atoms with van der Waals surface area (Å²) in [5.41, 5.74) is 3.11. The van der Waals surface area contributed by atoms with E-state index in [9.17, 15) is 0 Å². The average Bonchev–Trinajstić information content (AvgIpc) is 2.68. The Morgan fingerprint density at radius 3 is 2.80 bits per heavy atom. The summed E-state index contributed by atoms with van der Waals surface area (Å²) in [7, 11) is 2.04. The quantitative estimate of drug-likeness (QED) is 0.857. The van der Waals surface area contributed by atoms with Gasteiger partial charge >= 0.3 is 0 Å². The molecule has 1 aliphatic rings. The van der Waals surface area contributed by atoms with E-state index in [1.54, 1.807) is 11.3 Å². The number of hydrogen-bond acceptors (Lipinski definition) is 4. The Hall–Kier alpha value is -0.450. The van der Waals surface area contributed by atoms with Crippen LogP contribution in [0, 0.1) is 12.8 Å². The molecule has 1 fully saturated rings. The second-order valence-corrected chi connectivity index (χ2v) is 4.90. The molecule has 3 nitrogen and oxygen atoms in total. The smallest absolute Gasteiger partial charge is 0.0798 e. The summed E-state index contributed by atoms with van der Waals surface area (Å²) in [5, 5.41) is 3.43. The first kappa shape index (κ1) is 11.0. The molecule has 0 bridgehead atoms. The highest BCUT2D eigenvalue weighted by Crippen LogP contribution is 2.33. The van der Waals surface area contributed by atoms with Crippen molar-refractivity contribution in [1.82, 2.24) is 10.3 Å². The SMILES string of the molecule is CNC(c1scnc1C)C1CCOCC1. The Morgan fingerprint density at radius 2 is 2.27 bits per heavy atom. The average molecular weight is 226 g/mol. The van der Waals surface area contributed by atoms with Gasteiger partial charge in [0.25, 0.3) is 0 Å². The van der Waals surface area contributed by atoms with Gasteiger partial charge in [0.15, 0.2) is 0 Å². The molecule has 2 rings (SSSR count). The third kappa shape index (κ3) is 2.38. The predicted molar refractivity (Wildman–Crippen MR) is 62.2 cm³/mol. The Balaban J connectivity index is 2.12. The van der Waals surface area contributed by atoms with Gasteiger partial charge in [-0.3, -0.25) is 0 Å². The summed E-state index contributed by atoms with van der Waals surface area (Å²) in [4.78, 5) is 5.72. The lowest BCUT2D eigenvalue weighted by atomic mass is 9.90. The lowest BCUT2D eigenvalue weighted by Crippen LogP contribution is -2.29.